The standard InChI is InChI=1S/C30H42FN3O4/c1-21(2)22-9-4-10-23(19-22)28-25(12-5-13-26(28)31)30(38,15-8-17-33-29(36)37)24-11-7-18-34(20-24)27(35)14-6-16-32-3/h4-5,9-10,12-13,19,21,24,32-33,38H,6-8,11,14-18,20H2,1-3H3,(H,36,37)/t24-,30+/m1/s1. The minimum atomic E-state index is -1.45. The Morgan fingerprint density at radius 2 is 1.92 bits per heavy atom. The van der Waals surface area contributed by atoms with Crippen molar-refractivity contribution in [2.75, 3.05) is 33.2 Å². The zero-order valence-corrected chi connectivity index (χ0v) is 22.8. The van der Waals surface area contributed by atoms with Gasteiger partial charge < -0.3 is 25.7 Å². The number of piperidine rings is 1. The van der Waals surface area contributed by atoms with Gasteiger partial charge in [0.25, 0.3) is 0 Å². The molecule has 208 valence electrons. The molecule has 2 amide bonds. The predicted octanol–water partition coefficient (Wildman–Crippen LogP) is 5.09. The molecule has 0 spiro atoms. The Bertz CT molecular complexity index is 1090. The van der Waals surface area contributed by atoms with Crippen molar-refractivity contribution in [2.24, 2.45) is 5.92 Å². The van der Waals surface area contributed by atoms with Gasteiger partial charge in [-0.2, -0.15) is 0 Å². The minimum absolute atomic E-state index is 0.0592. The fourth-order valence-corrected chi connectivity index (χ4v) is 5.51. The van der Waals surface area contributed by atoms with Crippen LogP contribution in [-0.4, -0.2) is 60.3 Å². The Morgan fingerprint density at radius 3 is 2.63 bits per heavy atom. The van der Waals surface area contributed by atoms with Crippen LogP contribution < -0.4 is 10.6 Å². The molecule has 1 saturated heterocycles. The molecule has 1 fully saturated rings. The molecule has 0 radical (unpaired) electrons. The summed E-state index contributed by atoms with van der Waals surface area (Å²) in [7, 11) is 1.86. The number of nitrogens with one attached hydrogen (secondary N) is 2. The van der Waals surface area contributed by atoms with Crippen LogP contribution in [-0.2, 0) is 10.4 Å². The van der Waals surface area contributed by atoms with Gasteiger partial charge in [0, 0.05) is 37.5 Å². The molecular formula is C30H42FN3O4. The van der Waals surface area contributed by atoms with Crippen LogP contribution in [0.4, 0.5) is 9.18 Å². The number of carbonyl (C=O) groups excluding carboxylic acids is 1. The lowest BCUT2D eigenvalue weighted by Gasteiger charge is -2.43. The summed E-state index contributed by atoms with van der Waals surface area (Å²) in [5, 5.41) is 26.9. The third kappa shape index (κ3) is 7.32. The van der Waals surface area contributed by atoms with E-state index in [0.717, 1.165) is 24.9 Å². The van der Waals surface area contributed by atoms with Crippen molar-refractivity contribution in [3.8, 4) is 11.1 Å². The van der Waals surface area contributed by atoms with Crippen LogP contribution in [0.2, 0.25) is 0 Å². The highest BCUT2D eigenvalue weighted by Gasteiger charge is 2.43. The summed E-state index contributed by atoms with van der Waals surface area (Å²) in [6.45, 7) is 6.10. The van der Waals surface area contributed by atoms with Crippen LogP contribution in [0, 0.1) is 11.7 Å². The Balaban J connectivity index is 2.01. The van der Waals surface area contributed by atoms with Crippen LogP contribution in [0.25, 0.3) is 11.1 Å². The van der Waals surface area contributed by atoms with E-state index in [9.17, 15) is 14.7 Å². The molecule has 38 heavy (non-hydrogen) atoms. The second kappa shape index (κ2) is 13.7. The predicted molar refractivity (Wildman–Crippen MR) is 148 cm³/mol. The third-order valence-corrected chi connectivity index (χ3v) is 7.60. The molecule has 1 aliphatic heterocycles. The summed E-state index contributed by atoms with van der Waals surface area (Å²) in [5.41, 5.74) is 1.17. The van der Waals surface area contributed by atoms with E-state index in [0.29, 0.717) is 49.0 Å². The van der Waals surface area contributed by atoms with Crippen molar-refractivity contribution in [3.63, 3.8) is 0 Å². The van der Waals surface area contributed by atoms with Crippen molar-refractivity contribution in [2.45, 2.75) is 63.9 Å². The van der Waals surface area contributed by atoms with Gasteiger partial charge in [-0.05, 0) is 74.4 Å². The van der Waals surface area contributed by atoms with E-state index in [-0.39, 0.29) is 30.7 Å². The van der Waals surface area contributed by atoms with E-state index in [4.69, 9.17) is 5.11 Å². The zero-order valence-electron chi connectivity index (χ0n) is 22.8. The highest BCUT2D eigenvalue weighted by molar-refractivity contribution is 5.76. The number of hydrogen-bond acceptors (Lipinski definition) is 4. The van der Waals surface area contributed by atoms with Gasteiger partial charge in [0.2, 0.25) is 5.91 Å². The molecule has 2 aromatic carbocycles. The van der Waals surface area contributed by atoms with E-state index in [2.05, 4.69) is 24.5 Å². The van der Waals surface area contributed by atoms with Gasteiger partial charge in [0.05, 0.1) is 5.60 Å². The number of amides is 2. The Kier molecular flexibility index (Phi) is 10.7. The number of hydrogen-bond donors (Lipinski definition) is 4. The molecule has 2 aromatic rings. The van der Waals surface area contributed by atoms with Crippen molar-refractivity contribution < 1.29 is 24.2 Å². The molecule has 3 rings (SSSR count). The molecule has 8 heteroatoms. The van der Waals surface area contributed by atoms with E-state index < -0.39 is 17.5 Å². The van der Waals surface area contributed by atoms with Gasteiger partial charge >= 0.3 is 6.09 Å². The lowest BCUT2D eigenvalue weighted by molar-refractivity contribution is -0.136. The van der Waals surface area contributed by atoms with Crippen LogP contribution >= 0.6 is 0 Å². The van der Waals surface area contributed by atoms with Gasteiger partial charge in [-0.3, -0.25) is 4.79 Å². The molecule has 0 unspecified atom stereocenters. The van der Waals surface area contributed by atoms with Crippen molar-refractivity contribution in [1.82, 2.24) is 15.5 Å². The number of likely N-dealkylation sites (tertiary alicyclic amines) is 1. The minimum Gasteiger partial charge on any atom is -0.465 e. The monoisotopic (exact) mass is 527 g/mol. The number of halogens is 1. The maximum atomic E-state index is 15.6. The topological polar surface area (TPSA) is 102 Å². The third-order valence-electron chi connectivity index (χ3n) is 7.60. The summed E-state index contributed by atoms with van der Waals surface area (Å²) < 4.78 is 15.6. The number of aliphatic hydroxyl groups is 1. The summed E-state index contributed by atoms with van der Waals surface area (Å²) in [6.07, 6.45) is 2.08. The molecule has 1 aliphatic rings. The van der Waals surface area contributed by atoms with E-state index in [1.807, 2.05) is 36.2 Å². The molecule has 0 aromatic heterocycles. The van der Waals surface area contributed by atoms with Crippen molar-refractivity contribution >= 4 is 12.0 Å². The fourth-order valence-electron chi connectivity index (χ4n) is 5.51. The average Bonchev–Trinajstić information content (AvgIpc) is 2.91. The van der Waals surface area contributed by atoms with E-state index in [1.165, 1.54) is 6.07 Å². The number of nitrogens with zero attached hydrogens (tertiary/aromatic N) is 1. The normalized spacial score (nSPS) is 17.3. The summed E-state index contributed by atoms with van der Waals surface area (Å²) >= 11 is 0. The van der Waals surface area contributed by atoms with E-state index >= 15 is 4.39 Å². The average molecular weight is 528 g/mol. The first-order valence-electron chi connectivity index (χ1n) is 13.7. The van der Waals surface area contributed by atoms with Crippen LogP contribution in [0.5, 0.6) is 0 Å². The van der Waals surface area contributed by atoms with Gasteiger partial charge in [0.15, 0.2) is 0 Å². The van der Waals surface area contributed by atoms with Crippen LogP contribution in [0.1, 0.15) is 69.4 Å². The van der Waals surface area contributed by atoms with Crippen LogP contribution in [0.3, 0.4) is 0 Å². The Morgan fingerprint density at radius 1 is 1.16 bits per heavy atom. The number of benzene rings is 2. The fraction of sp³-hybridized carbons (Fsp3) is 0.533. The first-order chi connectivity index (χ1) is 18.2. The molecular weight excluding hydrogens is 485 g/mol. The van der Waals surface area contributed by atoms with Gasteiger partial charge in [0.1, 0.15) is 5.82 Å². The SMILES string of the molecule is CNCCCC(=O)N1CCC[C@@H]([C@@](O)(CCCNC(=O)O)c2cccc(F)c2-c2cccc(C(C)C)c2)C1. The molecule has 2 atom stereocenters. The first kappa shape index (κ1) is 29.6. The van der Waals surface area contributed by atoms with Crippen molar-refractivity contribution in [1.29, 1.82) is 0 Å². The van der Waals surface area contributed by atoms with Crippen molar-refractivity contribution in [3.05, 3.63) is 59.4 Å². The maximum absolute atomic E-state index is 15.6. The van der Waals surface area contributed by atoms with Crippen LogP contribution in [0.15, 0.2) is 42.5 Å². The highest BCUT2D eigenvalue weighted by Crippen LogP contribution is 2.44. The molecule has 0 saturated carbocycles. The Labute approximate surface area is 225 Å². The quantitative estimate of drug-likeness (QED) is 0.288. The molecule has 1 heterocycles. The molecule has 0 bridgehead atoms. The largest absolute Gasteiger partial charge is 0.465 e. The first-order valence-corrected chi connectivity index (χ1v) is 13.7. The zero-order chi connectivity index (χ0) is 27.7. The molecule has 0 aliphatic carbocycles. The van der Waals surface area contributed by atoms with Gasteiger partial charge in [-0.15, -0.1) is 0 Å². The number of rotatable bonds is 12. The second-order valence-electron chi connectivity index (χ2n) is 10.6. The molecule has 4 N–H and O–H groups in total. The lowest BCUT2D eigenvalue weighted by atomic mass is 9.72. The lowest BCUT2D eigenvalue weighted by Crippen LogP contribution is -2.48. The van der Waals surface area contributed by atoms with Gasteiger partial charge in [-0.25, -0.2) is 9.18 Å². The Hall–Kier alpha value is -2.97. The van der Waals surface area contributed by atoms with E-state index in [1.54, 1.807) is 12.1 Å². The smallest absolute Gasteiger partial charge is 0.404 e. The number of carbonyl (C=O) groups is 2. The molecule has 7 nitrogen and oxygen atoms in total. The summed E-state index contributed by atoms with van der Waals surface area (Å²) in [4.78, 5) is 25.8. The second-order valence-corrected chi connectivity index (χ2v) is 10.6. The number of carboxylic acid groups (broad SMARTS) is 1. The van der Waals surface area contributed by atoms with Gasteiger partial charge in [-0.1, -0.05) is 50.2 Å². The summed E-state index contributed by atoms with van der Waals surface area (Å²) in [6, 6.07) is 12.5. The maximum Gasteiger partial charge on any atom is 0.404 e. The summed E-state index contributed by atoms with van der Waals surface area (Å²) in [5.74, 6) is -0.416. The highest BCUT2D eigenvalue weighted by atomic mass is 19.1.